The van der Waals surface area contributed by atoms with Gasteiger partial charge in [0, 0.05) is 13.1 Å². The molecule has 0 bridgehead atoms. The van der Waals surface area contributed by atoms with Gasteiger partial charge in [-0.25, -0.2) is 4.98 Å². The Hall–Kier alpha value is -0.620. The molecule has 0 aromatic carbocycles. The predicted octanol–water partition coefficient (Wildman–Crippen LogP) is 3.14. The van der Waals surface area contributed by atoms with E-state index in [1.165, 1.54) is 0 Å². The molecule has 0 N–H and O–H groups in total. The summed E-state index contributed by atoms with van der Waals surface area (Å²) in [6.45, 7) is 1.68. The van der Waals surface area contributed by atoms with Gasteiger partial charge in [-0.1, -0.05) is 33.9 Å². The smallest absolute Gasteiger partial charge is 0.371 e. The maximum absolute atomic E-state index is 12.8. The first-order chi connectivity index (χ1) is 11.4. The van der Waals surface area contributed by atoms with E-state index < -0.39 is 11.1 Å². The zero-order valence-corrected chi connectivity index (χ0v) is 15.7. The van der Waals surface area contributed by atoms with Crippen molar-refractivity contribution in [3.8, 4) is 0 Å². The molecule has 134 valence electrons. The van der Waals surface area contributed by atoms with Gasteiger partial charge in [0.1, 0.15) is 4.88 Å². The Morgan fingerprint density at radius 1 is 1.38 bits per heavy atom. The minimum atomic E-state index is -4.36. The summed E-state index contributed by atoms with van der Waals surface area (Å²) in [6.07, 6.45) is -1.57. The molecule has 2 aliphatic heterocycles. The summed E-state index contributed by atoms with van der Waals surface area (Å²) in [7, 11) is 0. The summed E-state index contributed by atoms with van der Waals surface area (Å²) in [5, 5.41) is 0.400. The van der Waals surface area contributed by atoms with E-state index >= 15 is 0 Å². The third kappa shape index (κ3) is 3.64. The van der Waals surface area contributed by atoms with Crippen molar-refractivity contribution in [2.75, 3.05) is 29.2 Å². The molecule has 2 atom stereocenters. The molecule has 0 unspecified atom stereocenters. The number of carbonyl (C=O) groups is 1. The molecular formula is C14H17F3IN3O2S. The maximum atomic E-state index is 12.8. The summed E-state index contributed by atoms with van der Waals surface area (Å²) in [5.41, 5.74) is 0. The molecular weight excluding hydrogens is 458 g/mol. The number of thiazole rings is 1. The number of hydrogen-bond donors (Lipinski definition) is 0. The molecule has 0 spiro atoms. The molecule has 1 aromatic rings. The number of likely N-dealkylation sites (tertiary alicyclic amines) is 1. The number of alkyl halides is 4. The van der Waals surface area contributed by atoms with Crippen molar-refractivity contribution in [3.63, 3.8) is 0 Å². The fourth-order valence-corrected chi connectivity index (χ4v) is 4.60. The fraction of sp³-hybridized carbons (Fsp3) is 0.714. The maximum Gasteiger partial charge on any atom is 0.427 e. The zero-order valence-electron chi connectivity index (χ0n) is 12.8. The van der Waals surface area contributed by atoms with Crippen LogP contribution in [0.2, 0.25) is 0 Å². The number of ether oxygens (including phenoxy) is 1. The molecule has 10 heteroatoms. The molecule has 2 saturated heterocycles. The van der Waals surface area contributed by atoms with Crippen LogP contribution in [0.15, 0.2) is 6.20 Å². The minimum Gasteiger partial charge on any atom is -0.371 e. The number of fused-ring (bicyclic) bond motifs is 1. The number of aromatic nitrogens is 1. The summed E-state index contributed by atoms with van der Waals surface area (Å²) >= 11 is 2.76. The van der Waals surface area contributed by atoms with E-state index in [9.17, 15) is 18.0 Å². The van der Waals surface area contributed by atoms with Crippen LogP contribution in [-0.2, 0) is 15.7 Å². The molecule has 2 aliphatic rings. The van der Waals surface area contributed by atoms with Crippen molar-refractivity contribution in [2.45, 2.75) is 37.5 Å². The Kier molecular flexibility index (Phi) is 5.55. The number of carbonyl (C=O) groups excluding carboxylic acids is 1. The van der Waals surface area contributed by atoms with Crippen LogP contribution in [-0.4, -0.2) is 52.2 Å². The van der Waals surface area contributed by atoms with Crippen molar-refractivity contribution in [1.29, 1.82) is 0 Å². The molecule has 3 rings (SSSR count). The normalized spacial score (nSPS) is 23.8. The molecule has 5 nitrogen and oxygen atoms in total. The Balaban J connectivity index is 1.65. The Morgan fingerprint density at radius 2 is 2.12 bits per heavy atom. The number of hydrogen-bond acceptors (Lipinski definition) is 5. The molecule has 1 amide bonds. The molecule has 0 saturated carbocycles. The highest BCUT2D eigenvalue weighted by atomic mass is 127. The van der Waals surface area contributed by atoms with Gasteiger partial charge in [-0.3, -0.25) is 4.79 Å². The predicted molar refractivity (Wildman–Crippen MR) is 92.4 cm³/mol. The van der Waals surface area contributed by atoms with Gasteiger partial charge >= 0.3 is 6.18 Å². The van der Waals surface area contributed by atoms with Crippen molar-refractivity contribution in [1.82, 2.24) is 9.88 Å². The van der Waals surface area contributed by atoms with Crippen LogP contribution < -0.4 is 4.90 Å². The zero-order chi connectivity index (χ0) is 17.3. The highest BCUT2D eigenvalue weighted by Crippen LogP contribution is 2.40. The fourth-order valence-electron chi connectivity index (χ4n) is 3.42. The topological polar surface area (TPSA) is 45.7 Å². The number of rotatable bonds is 5. The third-order valence-electron chi connectivity index (χ3n) is 4.45. The Labute approximate surface area is 155 Å². The molecule has 0 radical (unpaired) electrons. The number of anilines is 1. The van der Waals surface area contributed by atoms with Gasteiger partial charge in [-0.05, 0) is 12.8 Å². The van der Waals surface area contributed by atoms with Crippen molar-refractivity contribution >= 4 is 45.0 Å². The lowest BCUT2D eigenvalue weighted by molar-refractivity contribution is -0.134. The second-order valence-corrected chi connectivity index (χ2v) is 7.40. The van der Waals surface area contributed by atoms with Crippen LogP contribution >= 0.6 is 33.9 Å². The van der Waals surface area contributed by atoms with Crippen molar-refractivity contribution in [2.24, 2.45) is 0 Å². The summed E-state index contributed by atoms with van der Waals surface area (Å²) < 4.78 is 44.0. The van der Waals surface area contributed by atoms with Crippen molar-refractivity contribution < 1.29 is 22.7 Å². The summed E-state index contributed by atoms with van der Waals surface area (Å²) in [6, 6.07) is 0.127. The van der Waals surface area contributed by atoms with Gasteiger partial charge < -0.3 is 14.5 Å². The molecule has 3 heterocycles. The van der Waals surface area contributed by atoms with E-state index in [0.717, 1.165) is 19.0 Å². The van der Waals surface area contributed by atoms with Gasteiger partial charge in [0.05, 0.1) is 35.9 Å². The van der Waals surface area contributed by atoms with E-state index in [1.807, 2.05) is 9.80 Å². The standard InChI is InChI=1S/C14H17F3IN3O2S/c15-14(16,17)11-7-19-13(24-11)21-5-2-9-10(21)1-4-20(9)12(22)3-6-23-8-18/h7,9-10H,1-6,8H2/t9-,10-/m1/s1. The van der Waals surface area contributed by atoms with E-state index in [-0.39, 0.29) is 18.0 Å². The lowest BCUT2D eigenvalue weighted by Gasteiger charge is -2.25. The Bertz CT molecular complexity index is 598. The second-order valence-electron chi connectivity index (χ2n) is 5.76. The van der Waals surface area contributed by atoms with Crippen LogP contribution in [0, 0.1) is 0 Å². The first-order valence-corrected chi connectivity index (χ1v) is 9.99. The van der Waals surface area contributed by atoms with Gasteiger partial charge in [0.2, 0.25) is 5.91 Å². The number of amides is 1. The monoisotopic (exact) mass is 475 g/mol. The molecule has 0 aliphatic carbocycles. The van der Waals surface area contributed by atoms with Crippen LogP contribution in [0.25, 0.3) is 0 Å². The lowest BCUT2D eigenvalue weighted by atomic mass is 10.1. The van der Waals surface area contributed by atoms with Gasteiger partial charge in [0.25, 0.3) is 0 Å². The van der Waals surface area contributed by atoms with Crippen molar-refractivity contribution in [3.05, 3.63) is 11.1 Å². The highest BCUT2D eigenvalue weighted by Gasteiger charge is 2.45. The third-order valence-corrected chi connectivity index (χ3v) is 5.97. The Morgan fingerprint density at radius 3 is 2.79 bits per heavy atom. The average molecular weight is 475 g/mol. The highest BCUT2D eigenvalue weighted by molar-refractivity contribution is 14.1. The van der Waals surface area contributed by atoms with Crippen LogP contribution in [0.5, 0.6) is 0 Å². The first kappa shape index (κ1) is 18.2. The van der Waals surface area contributed by atoms with E-state index in [0.29, 0.717) is 47.2 Å². The van der Waals surface area contributed by atoms with Gasteiger partial charge in [-0.2, -0.15) is 13.2 Å². The van der Waals surface area contributed by atoms with Crippen LogP contribution in [0.4, 0.5) is 18.3 Å². The molecule has 24 heavy (non-hydrogen) atoms. The van der Waals surface area contributed by atoms with Crippen LogP contribution in [0.3, 0.4) is 0 Å². The lowest BCUT2D eigenvalue weighted by Crippen LogP contribution is -2.40. The number of nitrogens with zero attached hydrogens (tertiary/aromatic N) is 3. The van der Waals surface area contributed by atoms with E-state index in [4.69, 9.17) is 4.74 Å². The average Bonchev–Trinajstić information content (AvgIpc) is 3.21. The van der Waals surface area contributed by atoms with Crippen LogP contribution in [0.1, 0.15) is 24.1 Å². The number of halogens is 4. The summed E-state index contributed by atoms with van der Waals surface area (Å²) in [4.78, 5) is 19.4. The van der Waals surface area contributed by atoms with E-state index in [1.54, 1.807) is 0 Å². The SMILES string of the molecule is O=C(CCOCI)N1CC[C@@H]2[C@H]1CCN2c1ncc(C(F)(F)F)s1. The first-order valence-electron chi connectivity index (χ1n) is 7.64. The largest absolute Gasteiger partial charge is 0.427 e. The molecule has 1 aromatic heterocycles. The minimum absolute atomic E-state index is 0.0596. The van der Waals surface area contributed by atoms with E-state index in [2.05, 4.69) is 27.6 Å². The second kappa shape index (κ2) is 7.32. The molecule has 2 fully saturated rings. The summed E-state index contributed by atoms with van der Waals surface area (Å²) in [5.74, 6) is 0.0596. The quantitative estimate of drug-likeness (QED) is 0.373. The van der Waals surface area contributed by atoms with Gasteiger partial charge in [-0.15, -0.1) is 0 Å². The van der Waals surface area contributed by atoms with Gasteiger partial charge in [0.15, 0.2) is 5.13 Å².